The second-order valence-corrected chi connectivity index (χ2v) is 8.03. The van der Waals surface area contributed by atoms with Crippen molar-refractivity contribution in [2.45, 2.75) is 17.3 Å². The minimum absolute atomic E-state index is 0.0191. The molecule has 1 aromatic heterocycles. The van der Waals surface area contributed by atoms with Crippen molar-refractivity contribution < 1.29 is 29.1 Å². The van der Waals surface area contributed by atoms with Crippen molar-refractivity contribution in [1.82, 2.24) is 10.2 Å². The van der Waals surface area contributed by atoms with Gasteiger partial charge in [-0.15, -0.1) is 23.1 Å². The Hall–Kier alpha value is -2.86. The molecular formula is C16H16N4O6S2. The minimum atomic E-state index is -1.58. The summed E-state index contributed by atoms with van der Waals surface area (Å²) in [6, 6.07) is 3.59. The molecule has 3 heterocycles. The van der Waals surface area contributed by atoms with Crippen molar-refractivity contribution in [1.29, 1.82) is 0 Å². The number of hydrogen-bond acceptors (Lipinski definition) is 8. The van der Waals surface area contributed by atoms with Crippen LogP contribution in [0.2, 0.25) is 0 Å². The van der Waals surface area contributed by atoms with Crippen LogP contribution >= 0.6 is 23.1 Å². The van der Waals surface area contributed by atoms with Crippen LogP contribution in [-0.4, -0.2) is 63.7 Å². The summed E-state index contributed by atoms with van der Waals surface area (Å²) in [5.41, 5.74) is 3.03. The number of carbonyl (C=O) groups is 4. The maximum absolute atomic E-state index is 12.9. The van der Waals surface area contributed by atoms with Gasteiger partial charge in [0.2, 0.25) is 11.8 Å². The summed E-state index contributed by atoms with van der Waals surface area (Å²) in [6.07, 6.45) is 1.20. The van der Waals surface area contributed by atoms with E-state index in [0.29, 0.717) is 0 Å². The van der Waals surface area contributed by atoms with Crippen molar-refractivity contribution in [3.63, 3.8) is 0 Å². The Labute approximate surface area is 167 Å². The number of hydrogen-bond donors (Lipinski definition) is 3. The van der Waals surface area contributed by atoms with E-state index >= 15 is 0 Å². The van der Waals surface area contributed by atoms with Crippen molar-refractivity contribution in [3.8, 4) is 0 Å². The highest BCUT2D eigenvalue weighted by Gasteiger charge is 2.65. The Morgan fingerprint density at radius 2 is 2.29 bits per heavy atom. The first kappa shape index (κ1) is 19.9. The molecule has 2 atom stereocenters. The monoisotopic (exact) mass is 424 g/mol. The van der Waals surface area contributed by atoms with E-state index in [2.05, 4.69) is 15.3 Å². The van der Waals surface area contributed by atoms with E-state index in [1.165, 1.54) is 18.4 Å². The number of oxime groups is 1. The maximum Gasteiger partial charge on any atom is 0.353 e. The van der Waals surface area contributed by atoms with E-state index in [4.69, 9.17) is 5.73 Å². The number of carbonyl (C=O) groups excluding carboxylic acids is 3. The Morgan fingerprint density at radius 1 is 1.54 bits per heavy atom. The molecule has 1 saturated heterocycles. The van der Waals surface area contributed by atoms with Crippen LogP contribution in [-0.2, 0) is 30.4 Å². The lowest BCUT2D eigenvalue weighted by molar-refractivity contribution is -0.154. The molecule has 10 nitrogen and oxygen atoms in total. The number of carboxylic acid groups (broad SMARTS) is 1. The Balaban J connectivity index is 1.92. The molecule has 0 spiro atoms. The number of primary amides is 1. The number of thiophene rings is 1. The van der Waals surface area contributed by atoms with E-state index in [9.17, 15) is 24.3 Å². The Morgan fingerprint density at radius 3 is 2.86 bits per heavy atom. The number of nitrogens with two attached hydrogens (primary N) is 1. The SMILES string of the molecule is CON=C[C@@]1(NC(=O)Cc2cccs2)C(=O)N2C(C(=O)O)=C(C(N)=O)CS[C@H]21. The quantitative estimate of drug-likeness (QED) is 0.304. The number of fused-ring (bicyclic) bond motifs is 1. The van der Waals surface area contributed by atoms with E-state index in [-0.39, 0.29) is 17.7 Å². The third-order valence-electron chi connectivity index (χ3n) is 4.23. The lowest BCUT2D eigenvalue weighted by Gasteiger charge is -2.55. The van der Waals surface area contributed by atoms with Gasteiger partial charge in [0, 0.05) is 10.6 Å². The molecule has 2 aliphatic rings. The van der Waals surface area contributed by atoms with E-state index in [0.717, 1.165) is 27.8 Å². The van der Waals surface area contributed by atoms with Gasteiger partial charge in [0.05, 0.1) is 18.2 Å². The van der Waals surface area contributed by atoms with Crippen molar-refractivity contribution >= 4 is 53.0 Å². The standard InChI is InChI=1S/C16H16N4O6S2/c1-26-18-7-16(19-10(21)5-8-3-2-4-27-8)14(25)20-11(13(23)24)9(12(17)22)6-28-15(16)20/h2-4,7,15H,5-6H2,1H3,(H2,17,22)(H,19,21)(H,23,24)/t15-,16+/m0/s1. The highest BCUT2D eigenvalue weighted by molar-refractivity contribution is 8.00. The number of amides is 3. The first-order valence-corrected chi connectivity index (χ1v) is 9.87. The van der Waals surface area contributed by atoms with E-state index < -0.39 is 40.3 Å². The van der Waals surface area contributed by atoms with Gasteiger partial charge in [0.25, 0.3) is 5.91 Å². The van der Waals surface area contributed by atoms with E-state index in [1.54, 1.807) is 12.1 Å². The summed E-state index contributed by atoms with van der Waals surface area (Å²) < 4.78 is 0. The van der Waals surface area contributed by atoms with Crippen LogP contribution in [0.3, 0.4) is 0 Å². The zero-order chi connectivity index (χ0) is 20.5. The molecule has 0 unspecified atom stereocenters. The molecule has 1 aromatic rings. The van der Waals surface area contributed by atoms with Crippen LogP contribution in [0.5, 0.6) is 0 Å². The van der Waals surface area contributed by atoms with Gasteiger partial charge in [-0.25, -0.2) is 4.79 Å². The minimum Gasteiger partial charge on any atom is -0.477 e. The molecule has 28 heavy (non-hydrogen) atoms. The Bertz CT molecular complexity index is 897. The van der Waals surface area contributed by atoms with Crippen molar-refractivity contribution in [2.24, 2.45) is 10.9 Å². The maximum atomic E-state index is 12.9. The van der Waals surface area contributed by atoms with Gasteiger partial charge in [-0.1, -0.05) is 11.2 Å². The lowest BCUT2D eigenvalue weighted by atomic mass is 9.87. The van der Waals surface area contributed by atoms with Gasteiger partial charge in [0.15, 0.2) is 5.54 Å². The van der Waals surface area contributed by atoms with Crippen LogP contribution < -0.4 is 11.1 Å². The molecule has 3 amide bonds. The number of β-lactam (4-membered cyclic amide) rings is 1. The number of nitrogens with zero attached hydrogens (tertiary/aromatic N) is 2. The third kappa shape index (κ3) is 3.24. The molecule has 12 heteroatoms. The molecule has 0 bridgehead atoms. The number of carboxylic acids is 1. The molecule has 0 aliphatic carbocycles. The molecular weight excluding hydrogens is 408 g/mol. The summed E-state index contributed by atoms with van der Waals surface area (Å²) in [6.45, 7) is 0. The average molecular weight is 424 g/mol. The summed E-state index contributed by atoms with van der Waals surface area (Å²) in [7, 11) is 1.28. The van der Waals surface area contributed by atoms with Crippen LogP contribution in [0.25, 0.3) is 0 Å². The van der Waals surface area contributed by atoms with Crippen LogP contribution in [0.4, 0.5) is 0 Å². The summed E-state index contributed by atoms with van der Waals surface area (Å²) in [5.74, 6) is -3.55. The summed E-state index contributed by atoms with van der Waals surface area (Å²) >= 11 is 2.50. The predicted octanol–water partition coefficient (Wildman–Crippen LogP) is -0.483. The summed E-state index contributed by atoms with van der Waals surface area (Å²) in [5, 5.41) is 16.8. The van der Waals surface area contributed by atoms with Gasteiger partial charge in [-0.3, -0.25) is 19.3 Å². The molecule has 2 aliphatic heterocycles. The molecule has 4 N–H and O–H groups in total. The van der Waals surface area contributed by atoms with Crippen LogP contribution in [0.15, 0.2) is 33.9 Å². The van der Waals surface area contributed by atoms with Gasteiger partial charge in [0.1, 0.15) is 18.2 Å². The average Bonchev–Trinajstić information content (AvgIpc) is 3.16. The fourth-order valence-electron chi connectivity index (χ4n) is 3.02. The molecule has 148 valence electrons. The number of aliphatic carboxylic acids is 1. The lowest BCUT2D eigenvalue weighted by Crippen LogP contribution is -2.81. The van der Waals surface area contributed by atoms with Gasteiger partial charge >= 0.3 is 5.97 Å². The third-order valence-corrected chi connectivity index (χ3v) is 6.46. The van der Waals surface area contributed by atoms with Crippen LogP contribution in [0.1, 0.15) is 4.88 Å². The number of rotatable bonds is 7. The predicted molar refractivity (Wildman–Crippen MR) is 101 cm³/mol. The van der Waals surface area contributed by atoms with Crippen molar-refractivity contribution in [2.75, 3.05) is 12.9 Å². The Kier molecular flexibility index (Phi) is 5.42. The highest BCUT2D eigenvalue weighted by Crippen LogP contribution is 2.45. The second-order valence-electron chi connectivity index (χ2n) is 5.93. The van der Waals surface area contributed by atoms with Gasteiger partial charge in [-0.2, -0.15) is 0 Å². The fourth-order valence-corrected chi connectivity index (χ4v) is 5.16. The molecule has 0 saturated carbocycles. The number of nitrogens with one attached hydrogen (secondary N) is 1. The zero-order valence-electron chi connectivity index (χ0n) is 14.6. The first-order valence-electron chi connectivity index (χ1n) is 7.94. The molecule has 3 rings (SSSR count). The van der Waals surface area contributed by atoms with Gasteiger partial charge < -0.3 is 21.0 Å². The van der Waals surface area contributed by atoms with Crippen molar-refractivity contribution in [3.05, 3.63) is 33.7 Å². The summed E-state index contributed by atoms with van der Waals surface area (Å²) in [4.78, 5) is 55.1. The van der Waals surface area contributed by atoms with Crippen LogP contribution in [0, 0.1) is 0 Å². The van der Waals surface area contributed by atoms with Gasteiger partial charge in [-0.05, 0) is 11.4 Å². The molecule has 0 radical (unpaired) electrons. The highest BCUT2D eigenvalue weighted by atomic mass is 32.2. The first-order chi connectivity index (χ1) is 13.3. The molecule has 0 aromatic carbocycles. The van der Waals surface area contributed by atoms with E-state index in [1.807, 2.05) is 5.38 Å². The number of thioether (sulfide) groups is 1. The second kappa shape index (κ2) is 7.64. The topological polar surface area (TPSA) is 151 Å². The normalized spacial score (nSPS) is 24.0. The zero-order valence-corrected chi connectivity index (χ0v) is 16.2. The fraction of sp³-hybridized carbons (Fsp3) is 0.312. The largest absolute Gasteiger partial charge is 0.477 e. The molecule has 1 fully saturated rings. The smallest absolute Gasteiger partial charge is 0.353 e.